The molecular formula is C25H42IN5O2. The molecule has 0 saturated carbocycles. The molecule has 1 aromatic rings. The van der Waals surface area contributed by atoms with Gasteiger partial charge in [-0.05, 0) is 50.7 Å². The second kappa shape index (κ2) is 14.8. The van der Waals surface area contributed by atoms with E-state index in [9.17, 15) is 4.79 Å². The van der Waals surface area contributed by atoms with Crippen LogP contribution in [0.3, 0.4) is 0 Å². The lowest BCUT2D eigenvalue weighted by Gasteiger charge is -2.33. The van der Waals surface area contributed by atoms with E-state index >= 15 is 0 Å². The van der Waals surface area contributed by atoms with Gasteiger partial charge in [-0.25, -0.2) is 0 Å². The molecule has 3 rings (SSSR count). The minimum Gasteiger partial charge on any atom is -0.377 e. The highest BCUT2D eigenvalue weighted by Gasteiger charge is 2.21. The van der Waals surface area contributed by atoms with E-state index in [4.69, 9.17) is 4.74 Å². The summed E-state index contributed by atoms with van der Waals surface area (Å²) < 4.78 is 5.67. The Kier molecular flexibility index (Phi) is 12.5. The molecule has 1 saturated heterocycles. The van der Waals surface area contributed by atoms with E-state index in [2.05, 4.69) is 58.6 Å². The Balaban J connectivity index is 0.00000385. The molecule has 0 bridgehead atoms. The van der Waals surface area contributed by atoms with Crippen LogP contribution < -0.4 is 10.6 Å². The number of piperidine rings is 1. The first-order valence-electron chi connectivity index (χ1n) is 12.2. The van der Waals surface area contributed by atoms with Crippen molar-refractivity contribution in [3.05, 3.63) is 35.4 Å². The molecule has 0 aliphatic carbocycles. The van der Waals surface area contributed by atoms with E-state index in [1.807, 2.05) is 11.9 Å². The topological polar surface area (TPSA) is 69.2 Å². The second-order valence-electron chi connectivity index (χ2n) is 9.12. The lowest BCUT2D eigenvalue weighted by molar-refractivity contribution is -0.132. The number of rotatable bonds is 9. The monoisotopic (exact) mass is 571 g/mol. The molecule has 7 nitrogen and oxygen atoms in total. The molecule has 1 aromatic carbocycles. The van der Waals surface area contributed by atoms with Crippen molar-refractivity contribution in [1.29, 1.82) is 0 Å². The van der Waals surface area contributed by atoms with Crippen LogP contribution in [0.15, 0.2) is 29.3 Å². The van der Waals surface area contributed by atoms with Gasteiger partial charge in [-0.1, -0.05) is 24.3 Å². The van der Waals surface area contributed by atoms with Crippen molar-refractivity contribution in [3.8, 4) is 0 Å². The number of benzene rings is 1. The molecule has 1 amide bonds. The first-order chi connectivity index (χ1) is 15.5. The van der Waals surface area contributed by atoms with Gasteiger partial charge in [0.1, 0.15) is 0 Å². The van der Waals surface area contributed by atoms with Crippen LogP contribution in [-0.2, 0) is 22.5 Å². The Morgan fingerprint density at radius 3 is 2.61 bits per heavy atom. The number of likely N-dealkylation sites (tertiary alicyclic amines) is 1. The number of ether oxygens (including phenoxy) is 1. The van der Waals surface area contributed by atoms with Gasteiger partial charge < -0.3 is 25.2 Å². The minimum atomic E-state index is 0. The van der Waals surface area contributed by atoms with Gasteiger partial charge in [-0.2, -0.15) is 0 Å². The number of aliphatic imine (C=N–C) groups is 1. The Labute approximate surface area is 216 Å². The van der Waals surface area contributed by atoms with Gasteiger partial charge in [-0.15, -0.1) is 24.0 Å². The standard InChI is InChI=1S/C25H41N5O2.HI/c1-20(2)32-18-17-29-14-11-23(12-15-29)28-25(26-3)27-13-6-9-24(31)30-16-10-21-7-4-5-8-22(21)19-30;/h4-5,7-8,20,23H,6,9-19H2,1-3H3,(H2,26,27,28);1H. The maximum atomic E-state index is 12.6. The van der Waals surface area contributed by atoms with Gasteiger partial charge in [0.25, 0.3) is 0 Å². The third kappa shape index (κ3) is 9.41. The van der Waals surface area contributed by atoms with E-state index in [0.29, 0.717) is 18.6 Å². The van der Waals surface area contributed by atoms with Gasteiger partial charge in [0.2, 0.25) is 5.91 Å². The minimum absolute atomic E-state index is 0. The number of nitrogens with zero attached hydrogens (tertiary/aromatic N) is 3. The summed E-state index contributed by atoms with van der Waals surface area (Å²) in [6, 6.07) is 8.88. The van der Waals surface area contributed by atoms with Gasteiger partial charge in [0.15, 0.2) is 5.96 Å². The van der Waals surface area contributed by atoms with Gasteiger partial charge in [0, 0.05) is 58.8 Å². The molecule has 0 spiro atoms. The summed E-state index contributed by atoms with van der Waals surface area (Å²) in [5, 5.41) is 6.93. The molecule has 1 fully saturated rings. The molecule has 0 radical (unpaired) electrons. The average Bonchev–Trinajstić information content (AvgIpc) is 2.81. The largest absolute Gasteiger partial charge is 0.377 e. The highest BCUT2D eigenvalue weighted by Crippen LogP contribution is 2.19. The molecule has 186 valence electrons. The molecule has 2 N–H and O–H groups in total. The Morgan fingerprint density at radius 2 is 1.91 bits per heavy atom. The van der Waals surface area contributed by atoms with E-state index in [1.54, 1.807) is 0 Å². The van der Waals surface area contributed by atoms with Crippen molar-refractivity contribution in [3.63, 3.8) is 0 Å². The Morgan fingerprint density at radius 1 is 1.18 bits per heavy atom. The third-order valence-electron chi connectivity index (χ3n) is 6.35. The van der Waals surface area contributed by atoms with E-state index < -0.39 is 0 Å². The van der Waals surface area contributed by atoms with Crippen LogP contribution in [0.25, 0.3) is 0 Å². The zero-order chi connectivity index (χ0) is 22.8. The molecule has 2 heterocycles. The van der Waals surface area contributed by atoms with E-state index in [0.717, 1.165) is 77.5 Å². The number of guanidine groups is 1. The number of nitrogens with one attached hydrogen (secondary N) is 2. The van der Waals surface area contributed by atoms with Crippen LogP contribution >= 0.6 is 24.0 Å². The van der Waals surface area contributed by atoms with Gasteiger partial charge in [0.05, 0.1) is 12.7 Å². The predicted molar refractivity (Wildman–Crippen MR) is 145 cm³/mol. The van der Waals surface area contributed by atoms with Crippen molar-refractivity contribution in [2.75, 3.05) is 46.4 Å². The fraction of sp³-hybridized carbons (Fsp3) is 0.680. The van der Waals surface area contributed by atoms with Crippen LogP contribution in [-0.4, -0.2) is 80.2 Å². The number of amides is 1. The molecule has 0 atom stereocenters. The summed E-state index contributed by atoms with van der Waals surface area (Å²) in [5.74, 6) is 1.09. The second-order valence-corrected chi connectivity index (χ2v) is 9.12. The smallest absolute Gasteiger partial charge is 0.222 e. The first-order valence-corrected chi connectivity index (χ1v) is 12.2. The van der Waals surface area contributed by atoms with Crippen molar-refractivity contribution in [1.82, 2.24) is 20.4 Å². The van der Waals surface area contributed by atoms with Crippen LogP contribution in [0.4, 0.5) is 0 Å². The number of hydrogen-bond donors (Lipinski definition) is 2. The fourth-order valence-electron chi connectivity index (χ4n) is 4.42. The first kappa shape index (κ1) is 27.9. The van der Waals surface area contributed by atoms with Crippen LogP contribution in [0, 0.1) is 0 Å². The summed E-state index contributed by atoms with van der Waals surface area (Å²) in [7, 11) is 1.81. The lowest BCUT2D eigenvalue weighted by Crippen LogP contribution is -2.49. The fourth-order valence-corrected chi connectivity index (χ4v) is 4.42. The summed E-state index contributed by atoms with van der Waals surface area (Å²) in [6.45, 7) is 10.5. The van der Waals surface area contributed by atoms with Crippen molar-refractivity contribution < 1.29 is 9.53 Å². The number of halogens is 1. The van der Waals surface area contributed by atoms with Crippen LogP contribution in [0.1, 0.15) is 50.7 Å². The zero-order valence-corrected chi connectivity index (χ0v) is 22.8. The SMILES string of the molecule is CN=C(NCCCC(=O)N1CCc2ccccc2C1)NC1CCN(CCOC(C)C)CC1.I. The summed E-state index contributed by atoms with van der Waals surface area (Å²) in [6.07, 6.45) is 4.86. The van der Waals surface area contributed by atoms with Crippen molar-refractivity contribution >= 4 is 35.8 Å². The Bertz CT molecular complexity index is 750. The highest BCUT2D eigenvalue weighted by atomic mass is 127. The molecular weight excluding hydrogens is 529 g/mol. The molecule has 2 aliphatic rings. The highest BCUT2D eigenvalue weighted by molar-refractivity contribution is 14.0. The predicted octanol–water partition coefficient (Wildman–Crippen LogP) is 3.02. The van der Waals surface area contributed by atoms with E-state index in [1.165, 1.54) is 11.1 Å². The number of carbonyl (C=O) groups excluding carboxylic acids is 1. The maximum Gasteiger partial charge on any atom is 0.222 e. The quantitative estimate of drug-likeness (QED) is 0.207. The third-order valence-corrected chi connectivity index (χ3v) is 6.35. The molecule has 2 aliphatic heterocycles. The normalized spacial score (nSPS) is 17.5. The average molecular weight is 572 g/mol. The van der Waals surface area contributed by atoms with Gasteiger partial charge in [-0.3, -0.25) is 9.79 Å². The lowest BCUT2D eigenvalue weighted by atomic mass is 9.99. The molecule has 33 heavy (non-hydrogen) atoms. The molecule has 8 heteroatoms. The Hall–Kier alpha value is -1.39. The molecule has 0 unspecified atom stereocenters. The number of hydrogen-bond acceptors (Lipinski definition) is 4. The van der Waals surface area contributed by atoms with Crippen molar-refractivity contribution in [2.24, 2.45) is 4.99 Å². The van der Waals surface area contributed by atoms with Crippen LogP contribution in [0.5, 0.6) is 0 Å². The zero-order valence-electron chi connectivity index (χ0n) is 20.5. The summed E-state index contributed by atoms with van der Waals surface area (Å²) >= 11 is 0. The summed E-state index contributed by atoms with van der Waals surface area (Å²) in [4.78, 5) is 21.5. The summed E-state index contributed by atoms with van der Waals surface area (Å²) in [5.41, 5.74) is 2.66. The number of carbonyl (C=O) groups is 1. The maximum absolute atomic E-state index is 12.6. The van der Waals surface area contributed by atoms with Gasteiger partial charge >= 0.3 is 0 Å². The van der Waals surface area contributed by atoms with E-state index in [-0.39, 0.29) is 29.9 Å². The molecule has 0 aromatic heterocycles. The number of fused-ring (bicyclic) bond motifs is 1. The van der Waals surface area contributed by atoms with Crippen molar-refractivity contribution in [2.45, 2.75) is 64.6 Å². The van der Waals surface area contributed by atoms with Crippen LogP contribution in [0.2, 0.25) is 0 Å².